The van der Waals surface area contributed by atoms with Crippen molar-refractivity contribution < 1.29 is 4.74 Å². The van der Waals surface area contributed by atoms with Crippen molar-refractivity contribution in [2.45, 2.75) is 13.8 Å². The molecule has 0 bridgehead atoms. The van der Waals surface area contributed by atoms with Gasteiger partial charge in [0, 0.05) is 17.3 Å². The first-order chi connectivity index (χ1) is 12.6. The summed E-state index contributed by atoms with van der Waals surface area (Å²) in [5.74, 6) is 1.72. The Morgan fingerprint density at radius 2 is 2.04 bits per heavy atom. The van der Waals surface area contributed by atoms with Crippen LogP contribution < -0.4 is 15.0 Å². The SMILES string of the molecule is CCN(c1cccc(C)c1)c1cnnc(Nc2cc(Cl)ccc2OC)n1. The Hall–Kier alpha value is -2.86. The van der Waals surface area contributed by atoms with E-state index in [4.69, 9.17) is 16.3 Å². The lowest BCUT2D eigenvalue weighted by Crippen LogP contribution is -2.18. The van der Waals surface area contributed by atoms with Crippen LogP contribution in [0, 0.1) is 6.92 Å². The minimum Gasteiger partial charge on any atom is -0.495 e. The van der Waals surface area contributed by atoms with Gasteiger partial charge < -0.3 is 15.0 Å². The van der Waals surface area contributed by atoms with Gasteiger partial charge in [0.25, 0.3) is 0 Å². The largest absolute Gasteiger partial charge is 0.495 e. The van der Waals surface area contributed by atoms with Crippen LogP contribution in [0.15, 0.2) is 48.7 Å². The third-order valence-corrected chi connectivity index (χ3v) is 4.10. The number of hydrogen-bond acceptors (Lipinski definition) is 6. The third kappa shape index (κ3) is 4.03. The summed E-state index contributed by atoms with van der Waals surface area (Å²) in [6.45, 7) is 4.88. The lowest BCUT2D eigenvalue weighted by atomic mass is 10.2. The van der Waals surface area contributed by atoms with E-state index in [-0.39, 0.29) is 0 Å². The number of aryl methyl sites for hydroxylation is 1. The number of nitrogens with one attached hydrogen (secondary N) is 1. The van der Waals surface area contributed by atoms with Gasteiger partial charge in [-0.25, -0.2) is 0 Å². The number of hydrogen-bond donors (Lipinski definition) is 1. The molecule has 1 N–H and O–H groups in total. The number of methoxy groups -OCH3 is 1. The summed E-state index contributed by atoms with van der Waals surface area (Å²) in [4.78, 5) is 6.66. The summed E-state index contributed by atoms with van der Waals surface area (Å²) in [5, 5.41) is 11.9. The minimum atomic E-state index is 0.370. The predicted molar refractivity (Wildman–Crippen MR) is 105 cm³/mol. The van der Waals surface area contributed by atoms with E-state index in [2.05, 4.69) is 51.4 Å². The number of ether oxygens (including phenoxy) is 1. The molecular formula is C19H20ClN5O. The molecule has 134 valence electrons. The summed E-state index contributed by atoms with van der Waals surface area (Å²) in [6.07, 6.45) is 1.65. The normalized spacial score (nSPS) is 10.5. The van der Waals surface area contributed by atoms with Gasteiger partial charge in [0.05, 0.1) is 19.0 Å². The van der Waals surface area contributed by atoms with Gasteiger partial charge in [-0.1, -0.05) is 23.7 Å². The average molecular weight is 370 g/mol. The van der Waals surface area contributed by atoms with E-state index in [0.29, 0.717) is 28.2 Å². The Labute approximate surface area is 157 Å². The Morgan fingerprint density at radius 1 is 1.19 bits per heavy atom. The monoisotopic (exact) mass is 369 g/mol. The number of anilines is 4. The number of benzene rings is 2. The molecule has 0 aliphatic carbocycles. The van der Waals surface area contributed by atoms with Crippen molar-refractivity contribution in [3.05, 3.63) is 59.2 Å². The zero-order chi connectivity index (χ0) is 18.5. The van der Waals surface area contributed by atoms with Gasteiger partial charge in [-0.2, -0.15) is 10.1 Å². The molecule has 1 aromatic heterocycles. The van der Waals surface area contributed by atoms with Crippen LogP contribution in [0.1, 0.15) is 12.5 Å². The Balaban J connectivity index is 1.92. The number of halogens is 1. The molecule has 0 atom stereocenters. The molecule has 2 aromatic carbocycles. The van der Waals surface area contributed by atoms with E-state index in [1.165, 1.54) is 5.56 Å². The van der Waals surface area contributed by atoms with Crippen molar-refractivity contribution in [2.75, 3.05) is 23.9 Å². The van der Waals surface area contributed by atoms with Crippen LogP contribution in [0.5, 0.6) is 5.75 Å². The van der Waals surface area contributed by atoms with Crippen molar-refractivity contribution in [1.82, 2.24) is 15.2 Å². The second-order valence-corrected chi connectivity index (χ2v) is 6.13. The summed E-state index contributed by atoms with van der Waals surface area (Å²) in [5.41, 5.74) is 2.92. The second kappa shape index (κ2) is 8.01. The highest BCUT2D eigenvalue weighted by atomic mass is 35.5. The van der Waals surface area contributed by atoms with Crippen LogP contribution >= 0.6 is 11.6 Å². The lowest BCUT2D eigenvalue weighted by Gasteiger charge is -2.22. The zero-order valence-electron chi connectivity index (χ0n) is 14.9. The molecule has 0 aliphatic rings. The molecule has 7 heteroatoms. The van der Waals surface area contributed by atoms with Crippen LogP contribution in [0.4, 0.5) is 23.1 Å². The van der Waals surface area contributed by atoms with Gasteiger partial charge >= 0.3 is 0 Å². The first kappa shape index (κ1) is 17.9. The van der Waals surface area contributed by atoms with Gasteiger partial charge in [-0.3, -0.25) is 0 Å². The van der Waals surface area contributed by atoms with E-state index in [9.17, 15) is 0 Å². The van der Waals surface area contributed by atoms with E-state index >= 15 is 0 Å². The first-order valence-corrected chi connectivity index (χ1v) is 8.63. The van der Waals surface area contributed by atoms with Crippen molar-refractivity contribution in [1.29, 1.82) is 0 Å². The molecule has 0 aliphatic heterocycles. The first-order valence-electron chi connectivity index (χ1n) is 8.25. The van der Waals surface area contributed by atoms with Crippen LogP contribution in [0.25, 0.3) is 0 Å². The zero-order valence-corrected chi connectivity index (χ0v) is 15.7. The highest BCUT2D eigenvalue weighted by Gasteiger charge is 2.12. The molecular weight excluding hydrogens is 350 g/mol. The molecule has 0 radical (unpaired) electrons. The number of rotatable bonds is 6. The predicted octanol–water partition coefficient (Wildman–Crippen LogP) is 4.74. The minimum absolute atomic E-state index is 0.370. The van der Waals surface area contributed by atoms with E-state index < -0.39 is 0 Å². The van der Waals surface area contributed by atoms with Crippen LogP contribution in [0.2, 0.25) is 5.02 Å². The fourth-order valence-electron chi connectivity index (χ4n) is 2.65. The van der Waals surface area contributed by atoms with Gasteiger partial charge in [0.2, 0.25) is 5.95 Å². The molecule has 0 saturated heterocycles. The lowest BCUT2D eigenvalue weighted by molar-refractivity contribution is 0.417. The average Bonchev–Trinajstić information content (AvgIpc) is 2.63. The standard InChI is InChI=1S/C19H20ClN5O/c1-4-25(15-7-5-6-13(2)10-15)18-12-21-24-19(23-18)22-16-11-14(20)8-9-17(16)26-3/h5-12H,4H2,1-3H3,(H,22,23,24). The van der Waals surface area contributed by atoms with Crippen molar-refractivity contribution in [3.63, 3.8) is 0 Å². The molecule has 0 unspecified atom stereocenters. The van der Waals surface area contributed by atoms with Crippen molar-refractivity contribution in [3.8, 4) is 5.75 Å². The topological polar surface area (TPSA) is 63.2 Å². The van der Waals surface area contributed by atoms with Crippen LogP contribution in [-0.2, 0) is 0 Å². The Bertz CT molecular complexity index is 903. The summed E-state index contributed by atoms with van der Waals surface area (Å²) in [7, 11) is 1.60. The van der Waals surface area contributed by atoms with E-state index in [0.717, 1.165) is 12.2 Å². The molecule has 0 fully saturated rings. The molecule has 26 heavy (non-hydrogen) atoms. The third-order valence-electron chi connectivity index (χ3n) is 3.86. The van der Waals surface area contributed by atoms with Crippen molar-refractivity contribution >= 4 is 34.7 Å². The molecule has 6 nitrogen and oxygen atoms in total. The highest BCUT2D eigenvalue weighted by Crippen LogP contribution is 2.30. The van der Waals surface area contributed by atoms with Crippen molar-refractivity contribution in [2.24, 2.45) is 0 Å². The fourth-order valence-corrected chi connectivity index (χ4v) is 2.82. The van der Waals surface area contributed by atoms with Gasteiger partial charge in [-0.15, -0.1) is 5.10 Å². The molecule has 0 saturated carbocycles. The second-order valence-electron chi connectivity index (χ2n) is 5.69. The van der Waals surface area contributed by atoms with Gasteiger partial charge in [-0.05, 0) is 49.7 Å². The molecule has 3 rings (SSSR count). The molecule has 0 amide bonds. The maximum atomic E-state index is 6.08. The van der Waals surface area contributed by atoms with E-state index in [1.807, 2.05) is 12.1 Å². The summed E-state index contributed by atoms with van der Waals surface area (Å²) < 4.78 is 5.35. The number of aromatic nitrogens is 3. The summed E-state index contributed by atoms with van der Waals surface area (Å²) in [6, 6.07) is 13.6. The Morgan fingerprint density at radius 3 is 2.77 bits per heavy atom. The molecule has 3 aromatic rings. The fraction of sp³-hybridized carbons (Fsp3) is 0.211. The number of nitrogens with zero attached hydrogens (tertiary/aromatic N) is 4. The van der Waals surface area contributed by atoms with Crippen LogP contribution in [0.3, 0.4) is 0 Å². The Kier molecular flexibility index (Phi) is 5.53. The van der Waals surface area contributed by atoms with Gasteiger partial charge in [0.15, 0.2) is 5.82 Å². The molecule has 0 spiro atoms. The molecule has 1 heterocycles. The maximum absolute atomic E-state index is 6.08. The highest BCUT2D eigenvalue weighted by molar-refractivity contribution is 6.31. The summed E-state index contributed by atoms with van der Waals surface area (Å²) >= 11 is 6.08. The van der Waals surface area contributed by atoms with Gasteiger partial charge in [0.1, 0.15) is 5.75 Å². The smallest absolute Gasteiger partial charge is 0.249 e. The quantitative estimate of drug-likeness (QED) is 0.676. The van der Waals surface area contributed by atoms with Crippen LogP contribution in [-0.4, -0.2) is 28.8 Å². The van der Waals surface area contributed by atoms with E-state index in [1.54, 1.807) is 31.5 Å². The maximum Gasteiger partial charge on any atom is 0.249 e.